The van der Waals surface area contributed by atoms with Crippen LogP contribution in [0.1, 0.15) is 0 Å². The van der Waals surface area contributed by atoms with E-state index in [1.165, 1.54) is 11.8 Å². The Hall–Kier alpha value is -1.16. The second-order valence-corrected chi connectivity index (χ2v) is 3.69. The summed E-state index contributed by atoms with van der Waals surface area (Å²) in [7, 11) is 1.60. The predicted molar refractivity (Wildman–Crippen MR) is 52.3 cm³/mol. The Morgan fingerprint density at radius 2 is 2.38 bits per heavy atom. The molecule has 0 saturated carbocycles. The number of rotatable bonds is 1. The lowest BCUT2D eigenvalue weighted by Crippen LogP contribution is -2.19. The number of ether oxygens (including phenoxy) is 1. The molecule has 0 bridgehead atoms. The summed E-state index contributed by atoms with van der Waals surface area (Å²) in [6.07, 6.45) is 0. The molecule has 1 aromatic carbocycles. The number of hydrogen-bond acceptors (Lipinski definition) is 3. The molecule has 0 radical (unpaired) electrons. The first-order valence-corrected chi connectivity index (χ1v) is 4.89. The van der Waals surface area contributed by atoms with Crippen molar-refractivity contribution in [3.63, 3.8) is 0 Å². The molecule has 0 aromatic heterocycles. The van der Waals surface area contributed by atoms with Gasteiger partial charge in [0.25, 0.3) is 0 Å². The van der Waals surface area contributed by atoms with Crippen LogP contribution < -0.4 is 10.1 Å². The van der Waals surface area contributed by atoms with Crippen LogP contribution in [0.3, 0.4) is 0 Å². The molecule has 0 saturated heterocycles. The Labute approximate surface area is 80.5 Å². The lowest BCUT2D eigenvalue weighted by atomic mass is 10.3. The molecular formula is C9H9NO2S. The molecule has 1 heterocycles. The number of anilines is 1. The molecule has 0 atom stereocenters. The summed E-state index contributed by atoms with van der Waals surface area (Å²) in [5.74, 6) is 1.24. The predicted octanol–water partition coefficient (Wildman–Crippen LogP) is 1.74. The average molecular weight is 195 g/mol. The van der Waals surface area contributed by atoms with E-state index < -0.39 is 0 Å². The van der Waals surface area contributed by atoms with Crippen LogP contribution in [0.4, 0.5) is 5.69 Å². The van der Waals surface area contributed by atoms with Gasteiger partial charge in [-0.25, -0.2) is 0 Å². The van der Waals surface area contributed by atoms with Gasteiger partial charge < -0.3 is 10.1 Å². The highest BCUT2D eigenvalue weighted by molar-refractivity contribution is 8.00. The Kier molecular flexibility index (Phi) is 2.14. The van der Waals surface area contributed by atoms with Crippen LogP contribution in [0.2, 0.25) is 0 Å². The summed E-state index contributed by atoms with van der Waals surface area (Å²) in [6.45, 7) is 0. The third-order valence-electron chi connectivity index (χ3n) is 1.83. The zero-order valence-electron chi connectivity index (χ0n) is 7.16. The van der Waals surface area contributed by atoms with E-state index in [0.717, 1.165) is 16.3 Å². The van der Waals surface area contributed by atoms with Gasteiger partial charge in [-0.2, -0.15) is 0 Å². The molecule has 1 N–H and O–H groups in total. The number of nitrogens with one attached hydrogen (secondary N) is 1. The number of thioether (sulfide) groups is 1. The van der Waals surface area contributed by atoms with Crippen molar-refractivity contribution in [3.8, 4) is 5.75 Å². The first-order valence-electron chi connectivity index (χ1n) is 3.91. The van der Waals surface area contributed by atoms with Gasteiger partial charge in [-0.15, -0.1) is 11.8 Å². The SMILES string of the molecule is COc1cccc2c1NC(=O)CS2. The van der Waals surface area contributed by atoms with Gasteiger partial charge in [-0.1, -0.05) is 6.07 Å². The summed E-state index contributed by atoms with van der Waals surface area (Å²) in [5, 5.41) is 2.79. The lowest BCUT2D eigenvalue weighted by Gasteiger charge is -2.18. The summed E-state index contributed by atoms with van der Waals surface area (Å²) < 4.78 is 5.13. The van der Waals surface area contributed by atoms with Crippen LogP contribution in [0.15, 0.2) is 23.1 Å². The van der Waals surface area contributed by atoms with Crippen LogP contribution in [-0.4, -0.2) is 18.8 Å². The maximum atomic E-state index is 11.1. The quantitative estimate of drug-likeness (QED) is 0.741. The molecule has 3 nitrogen and oxygen atoms in total. The molecule has 1 amide bonds. The summed E-state index contributed by atoms with van der Waals surface area (Å²) in [6, 6.07) is 5.73. The second kappa shape index (κ2) is 3.30. The van der Waals surface area contributed by atoms with Gasteiger partial charge in [0.15, 0.2) is 0 Å². The number of carbonyl (C=O) groups excluding carboxylic acids is 1. The third kappa shape index (κ3) is 1.49. The minimum Gasteiger partial charge on any atom is -0.495 e. The van der Waals surface area contributed by atoms with Gasteiger partial charge in [0.2, 0.25) is 5.91 Å². The highest BCUT2D eigenvalue weighted by Crippen LogP contribution is 2.37. The maximum Gasteiger partial charge on any atom is 0.234 e. The molecule has 2 rings (SSSR count). The maximum absolute atomic E-state index is 11.1. The molecule has 0 fully saturated rings. The van der Waals surface area contributed by atoms with Gasteiger partial charge in [0.1, 0.15) is 5.75 Å². The van der Waals surface area contributed by atoms with Gasteiger partial charge in [-0.05, 0) is 12.1 Å². The van der Waals surface area contributed by atoms with Crippen LogP contribution in [0.25, 0.3) is 0 Å². The third-order valence-corrected chi connectivity index (χ3v) is 2.89. The van der Waals surface area contributed by atoms with Crippen molar-refractivity contribution < 1.29 is 9.53 Å². The van der Waals surface area contributed by atoms with E-state index in [1.807, 2.05) is 18.2 Å². The minimum atomic E-state index is 0.0296. The molecular weight excluding hydrogens is 186 g/mol. The van der Waals surface area contributed by atoms with E-state index in [9.17, 15) is 4.79 Å². The molecule has 0 aliphatic carbocycles. The molecule has 4 heteroatoms. The molecule has 1 aliphatic rings. The summed E-state index contributed by atoms with van der Waals surface area (Å²) in [4.78, 5) is 12.2. The first kappa shape index (κ1) is 8.44. The number of fused-ring (bicyclic) bond motifs is 1. The number of benzene rings is 1. The van der Waals surface area contributed by atoms with Crippen molar-refractivity contribution in [1.29, 1.82) is 0 Å². The van der Waals surface area contributed by atoms with Crippen LogP contribution in [-0.2, 0) is 4.79 Å². The van der Waals surface area contributed by atoms with Crippen molar-refractivity contribution in [2.24, 2.45) is 0 Å². The van der Waals surface area contributed by atoms with E-state index in [1.54, 1.807) is 7.11 Å². The van der Waals surface area contributed by atoms with E-state index >= 15 is 0 Å². The van der Waals surface area contributed by atoms with E-state index in [2.05, 4.69) is 5.32 Å². The standard InChI is InChI=1S/C9H9NO2S/c1-12-6-3-2-4-7-9(6)10-8(11)5-13-7/h2-4H,5H2,1H3,(H,10,11). The van der Waals surface area contributed by atoms with E-state index in [4.69, 9.17) is 4.74 Å². The van der Waals surface area contributed by atoms with Crippen LogP contribution in [0.5, 0.6) is 5.75 Å². The Bertz CT molecular complexity index is 337. The molecule has 13 heavy (non-hydrogen) atoms. The Morgan fingerprint density at radius 1 is 1.54 bits per heavy atom. The highest BCUT2D eigenvalue weighted by atomic mass is 32.2. The molecule has 1 aromatic rings. The van der Waals surface area contributed by atoms with Crippen molar-refractivity contribution >= 4 is 23.4 Å². The topological polar surface area (TPSA) is 38.3 Å². The van der Waals surface area contributed by atoms with E-state index in [-0.39, 0.29) is 5.91 Å². The summed E-state index contributed by atoms with van der Waals surface area (Å²) in [5.41, 5.74) is 0.797. The lowest BCUT2D eigenvalue weighted by molar-refractivity contribution is -0.113. The second-order valence-electron chi connectivity index (χ2n) is 2.67. The van der Waals surface area contributed by atoms with Gasteiger partial charge in [-0.3, -0.25) is 4.79 Å². The van der Waals surface area contributed by atoms with Crippen molar-refractivity contribution in [3.05, 3.63) is 18.2 Å². The number of amides is 1. The fourth-order valence-electron chi connectivity index (χ4n) is 1.24. The zero-order valence-corrected chi connectivity index (χ0v) is 7.98. The van der Waals surface area contributed by atoms with Crippen molar-refractivity contribution in [2.45, 2.75) is 4.90 Å². The Balaban J connectivity index is 2.46. The zero-order chi connectivity index (χ0) is 9.26. The summed E-state index contributed by atoms with van der Waals surface area (Å²) >= 11 is 1.53. The monoisotopic (exact) mass is 195 g/mol. The fraction of sp³-hybridized carbons (Fsp3) is 0.222. The van der Waals surface area contributed by atoms with Crippen molar-refractivity contribution in [1.82, 2.24) is 0 Å². The fourth-order valence-corrected chi connectivity index (χ4v) is 2.07. The molecule has 0 spiro atoms. The van der Waals surface area contributed by atoms with E-state index in [0.29, 0.717) is 5.75 Å². The Morgan fingerprint density at radius 3 is 3.15 bits per heavy atom. The molecule has 0 unspecified atom stereocenters. The van der Waals surface area contributed by atoms with Gasteiger partial charge >= 0.3 is 0 Å². The first-order chi connectivity index (χ1) is 6.31. The normalized spacial score (nSPS) is 14.7. The van der Waals surface area contributed by atoms with Crippen LogP contribution >= 0.6 is 11.8 Å². The van der Waals surface area contributed by atoms with Gasteiger partial charge in [0.05, 0.1) is 18.6 Å². The molecule has 68 valence electrons. The number of methoxy groups -OCH3 is 1. The van der Waals surface area contributed by atoms with Crippen LogP contribution in [0, 0.1) is 0 Å². The smallest absolute Gasteiger partial charge is 0.234 e. The van der Waals surface area contributed by atoms with Crippen molar-refractivity contribution in [2.75, 3.05) is 18.2 Å². The van der Waals surface area contributed by atoms with Gasteiger partial charge in [0, 0.05) is 4.90 Å². The number of para-hydroxylation sites is 1. The number of carbonyl (C=O) groups is 1. The largest absolute Gasteiger partial charge is 0.495 e. The number of hydrogen-bond donors (Lipinski definition) is 1. The minimum absolute atomic E-state index is 0.0296. The molecule has 1 aliphatic heterocycles. The average Bonchev–Trinajstić information content (AvgIpc) is 2.17. The highest BCUT2D eigenvalue weighted by Gasteiger charge is 2.18.